The van der Waals surface area contributed by atoms with Crippen molar-refractivity contribution < 1.29 is 4.74 Å². The maximum absolute atomic E-state index is 5.75. The third-order valence-corrected chi connectivity index (χ3v) is 4.91. The van der Waals surface area contributed by atoms with Crippen molar-refractivity contribution in [3.05, 3.63) is 26.6 Å². The van der Waals surface area contributed by atoms with E-state index < -0.39 is 0 Å². The Bertz CT molecular complexity index is 425. The number of rotatable bonds is 7. The average molecular weight is 420 g/mol. The first-order valence-corrected chi connectivity index (χ1v) is 9.31. The van der Waals surface area contributed by atoms with Crippen LogP contribution in [0.4, 0.5) is 0 Å². The van der Waals surface area contributed by atoms with Gasteiger partial charge in [-0.15, -0.1) is 0 Å². The number of halogens is 2. The summed E-state index contributed by atoms with van der Waals surface area (Å²) >= 11 is 7.21. The summed E-state index contributed by atoms with van der Waals surface area (Å²) in [7, 11) is 0. The Morgan fingerprint density at radius 2 is 1.90 bits per heavy atom. The van der Waals surface area contributed by atoms with Crippen molar-refractivity contribution in [2.24, 2.45) is 5.92 Å². The van der Waals surface area contributed by atoms with E-state index in [-0.39, 0.29) is 0 Å². The first-order chi connectivity index (χ1) is 10.2. The summed E-state index contributed by atoms with van der Waals surface area (Å²) in [4.78, 5) is 0. The molecule has 21 heavy (non-hydrogen) atoms. The van der Waals surface area contributed by atoms with Gasteiger partial charge in [-0.25, -0.2) is 0 Å². The van der Waals surface area contributed by atoms with Crippen molar-refractivity contribution in [1.29, 1.82) is 0 Å². The van der Waals surface area contributed by atoms with Gasteiger partial charge in [0.1, 0.15) is 5.75 Å². The minimum absolute atomic E-state index is 0.741. The fourth-order valence-electron chi connectivity index (χ4n) is 2.56. The second-order valence-electron chi connectivity index (χ2n) is 5.56. The van der Waals surface area contributed by atoms with Crippen molar-refractivity contribution >= 4 is 31.9 Å². The Balaban J connectivity index is 1.85. The van der Waals surface area contributed by atoms with E-state index in [1.807, 2.05) is 0 Å². The van der Waals surface area contributed by atoms with Gasteiger partial charge < -0.3 is 15.4 Å². The zero-order chi connectivity index (χ0) is 15.1. The minimum Gasteiger partial charge on any atom is -0.491 e. The molecule has 0 unspecified atom stereocenters. The zero-order valence-electron chi connectivity index (χ0n) is 12.6. The van der Waals surface area contributed by atoms with E-state index in [0.717, 1.165) is 59.8 Å². The summed E-state index contributed by atoms with van der Waals surface area (Å²) in [6.45, 7) is 7.17. The lowest BCUT2D eigenvalue weighted by molar-refractivity contribution is 0.313. The van der Waals surface area contributed by atoms with Crippen LogP contribution in [0, 0.1) is 5.92 Å². The Morgan fingerprint density at radius 1 is 1.24 bits per heavy atom. The molecule has 0 bridgehead atoms. The van der Waals surface area contributed by atoms with Gasteiger partial charge in [-0.3, -0.25) is 0 Å². The molecule has 118 valence electrons. The van der Waals surface area contributed by atoms with E-state index in [0.29, 0.717) is 0 Å². The monoisotopic (exact) mass is 418 g/mol. The van der Waals surface area contributed by atoms with E-state index in [4.69, 9.17) is 4.74 Å². The molecule has 1 heterocycles. The van der Waals surface area contributed by atoms with E-state index in [1.165, 1.54) is 18.4 Å². The molecular formula is C16H24Br2N2O. The summed E-state index contributed by atoms with van der Waals surface area (Å²) in [5, 5.41) is 6.98. The predicted molar refractivity (Wildman–Crippen MR) is 94.9 cm³/mol. The molecule has 0 spiro atoms. The Labute approximate surface area is 144 Å². The van der Waals surface area contributed by atoms with Gasteiger partial charge in [0.15, 0.2) is 0 Å². The standard InChI is InChI=1S/C16H24Br2N2O/c1-2-7-21-16-14(17)8-13(9-15(16)18)11-20-10-12-3-5-19-6-4-12/h8-9,12,19-20H,2-7,10-11H2,1H3. The van der Waals surface area contributed by atoms with Gasteiger partial charge >= 0.3 is 0 Å². The van der Waals surface area contributed by atoms with Crippen molar-refractivity contribution in [3.63, 3.8) is 0 Å². The molecule has 0 aliphatic carbocycles. The van der Waals surface area contributed by atoms with Crippen LogP contribution in [-0.2, 0) is 6.54 Å². The molecule has 1 fully saturated rings. The number of hydrogen-bond donors (Lipinski definition) is 2. The lowest BCUT2D eigenvalue weighted by atomic mass is 9.98. The van der Waals surface area contributed by atoms with Gasteiger partial charge in [0.2, 0.25) is 0 Å². The van der Waals surface area contributed by atoms with Crippen LogP contribution in [0.5, 0.6) is 5.75 Å². The van der Waals surface area contributed by atoms with Crippen LogP contribution in [0.1, 0.15) is 31.7 Å². The maximum atomic E-state index is 5.75. The lowest BCUT2D eigenvalue weighted by Gasteiger charge is -2.23. The van der Waals surface area contributed by atoms with Crippen molar-refractivity contribution in [2.75, 3.05) is 26.2 Å². The summed E-state index contributed by atoms with van der Waals surface area (Å²) < 4.78 is 7.79. The van der Waals surface area contributed by atoms with E-state index in [9.17, 15) is 0 Å². The third kappa shape index (κ3) is 5.55. The Kier molecular flexibility index (Phi) is 7.50. The molecule has 1 aromatic carbocycles. The Hall–Kier alpha value is -0.100. The van der Waals surface area contributed by atoms with Crippen LogP contribution in [-0.4, -0.2) is 26.2 Å². The fourth-order valence-corrected chi connectivity index (χ4v) is 4.07. The lowest BCUT2D eigenvalue weighted by Crippen LogP contribution is -2.33. The highest BCUT2D eigenvalue weighted by atomic mass is 79.9. The molecule has 1 aliphatic rings. The number of benzene rings is 1. The van der Waals surface area contributed by atoms with Gasteiger partial charge in [0.25, 0.3) is 0 Å². The third-order valence-electron chi connectivity index (χ3n) is 3.73. The van der Waals surface area contributed by atoms with Gasteiger partial charge in [0.05, 0.1) is 15.6 Å². The number of hydrogen-bond acceptors (Lipinski definition) is 3. The summed E-state index contributed by atoms with van der Waals surface area (Å²) in [6, 6.07) is 4.29. The van der Waals surface area contributed by atoms with Crippen LogP contribution in [0.2, 0.25) is 0 Å². The Morgan fingerprint density at radius 3 is 2.52 bits per heavy atom. The normalized spacial score (nSPS) is 16.1. The van der Waals surface area contributed by atoms with E-state index >= 15 is 0 Å². The van der Waals surface area contributed by atoms with Gasteiger partial charge in [0, 0.05) is 6.54 Å². The fraction of sp³-hybridized carbons (Fsp3) is 0.625. The van der Waals surface area contributed by atoms with Crippen LogP contribution >= 0.6 is 31.9 Å². The second kappa shape index (κ2) is 9.13. The average Bonchev–Trinajstić information content (AvgIpc) is 2.48. The van der Waals surface area contributed by atoms with E-state index in [1.54, 1.807) is 0 Å². The minimum atomic E-state index is 0.741. The van der Waals surface area contributed by atoms with Crippen molar-refractivity contribution in [1.82, 2.24) is 10.6 Å². The molecule has 1 aliphatic heterocycles. The highest BCUT2D eigenvalue weighted by Gasteiger charge is 2.13. The molecule has 0 aromatic heterocycles. The van der Waals surface area contributed by atoms with Crippen molar-refractivity contribution in [2.45, 2.75) is 32.7 Å². The van der Waals surface area contributed by atoms with Gasteiger partial charge in [-0.05, 0) is 94.4 Å². The molecule has 2 N–H and O–H groups in total. The molecule has 0 radical (unpaired) electrons. The summed E-state index contributed by atoms with van der Waals surface area (Å²) in [5.74, 6) is 1.71. The smallest absolute Gasteiger partial charge is 0.147 e. The molecule has 1 saturated heterocycles. The SMILES string of the molecule is CCCOc1c(Br)cc(CNCC2CCNCC2)cc1Br. The number of nitrogens with one attached hydrogen (secondary N) is 2. The molecule has 0 saturated carbocycles. The zero-order valence-corrected chi connectivity index (χ0v) is 15.7. The number of piperidine rings is 1. The van der Waals surface area contributed by atoms with Crippen LogP contribution in [0.15, 0.2) is 21.1 Å². The van der Waals surface area contributed by atoms with Gasteiger partial charge in [-0.1, -0.05) is 6.92 Å². The van der Waals surface area contributed by atoms with E-state index in [2.05, 4.69) is 61.5 Å². The molecule has 1 aromatic rings. The summed E-state index contributed by atoms with van der Waals surface area (Å²) in [5.41, 5.74) is 1.27. The molecule has 3 nitrogen and oxygen atoms in total. The van der Waals surface area contributed by atoms with Crippen molar-refractivity contribution in [3.8, 4) is 5.75 Å². The maximum Gasteiger partial charge on any atom is 0.147 e. The highest BCUT2D eigenvalue weighted by Crippen LogP contribution is 2.34. The molecule has 2 rings (SSSR count). The predicted octanol–water partition coefficient (Wildman–Crippen LogP) is 4.09. The van der Waals surface area contributed by atoms with Crippen LogP contribution in [0.25, 0.3) is 0 Å². The topological polar surface area (TPSA) is 33.3 Å². The second-order valence-corrected chi connectivity index (χ2v) is 7.27. The quantitative estimate of drug-likeness (QED) is 0.698. The molecule has 5 heteroatoms. The summed E-state index contributed by atoms with van der Waals surface area (Å²) in [6.07, 6.45) is 3.58. The molecule has 0 atom stereocenters. The molecule has 0 amide bonds. The number of ether oxygens (including phenoxy) is 1. The molecular weight excluding hydrogens is 396 g/mol. The highest BCUT2D eigenvalue weighted by molar-refractivity contribution is 9.11. The first-order valence-electron chi connectivity index (χ1n) is 7.73. The van der Waals surface area contributed by atoms with Crippen LogP contribution < -0.4 is 15.4 Å². The largest absolute Gasteiger partial charge is 0.491 e. The first kappa shape index (κ1) is 17.3. The van der Waals surface area contributed by atoms with Crippen LogP contribution in [0.3, 0.4) is 0 Å². The van der Waals surface area contributed by atoms with Gasteiger partial charge in [-0.2, -0.15) is 0 Å².